The maximum atomic E-state index is 11.9. The first-order valence-corrected chi connectivity index (χ1v) is 5.40. The number of hydrogen-bond donors (Lipinski definition) is 0. The number of rotatable bonds is 3. The number of ketones is 1. The van der Waals surface area contributed by atoms with E-state index < -0.39 is 0 Å². The predicted octanol–water partition coefficient (Wildman–Crippen LogP) is 3.68. The zero-order chi connectivity index (χ0) is 10.1. The van der Waals surface area contributed by atoms with Crippen molar-refractivity contribution in [2.45, 2.75) is 34.1 Å². The van der Waals surface area contributed by atoms with E-state index in [0.717, 1.165) is 11.3 Å². The molecule has 0 aliphatic rings. The Kier molecular flexibility index (Phi) is 2.91. The molecular formula is C11H16OS. The average molecular weight is 196 g/mol. The summed E-state index contributed by atoms with van der Waals surface area (Å²) in [7, 11) is 0. The molecule has 1 nitrogen and oxygen atoms in total. The second-order valence-corrected chi connectivity index (χ2v) is 5.26. The number of carbonyl (C=O) groups is 1. The van der Waals surface area contributed by atoms with Gasteiger partial charge in [-0.15, -0.1) is 11.3 Å². The largest absolute Gasteiger partial charge is 0.293 e. The van der Waals surface area contributed by atoms with E-state index >= 15 is 0 Å². The van der Waals surface area contributed by atoms with Gasteiger partial charge < -0.3 is 0 Å². The molecule has 0 radical (unpaired) electrons. The van der Waals surface area contributed by atoms with Crippen LogP contribution < -0.4 is 0 Å². The van der Waals surface area contributed by atoms with Gasteiger partial charge in [-0.25, -0.2) is 0 Å². The third-order valence-corrected chi connectivity index (χ3v) is 3.46. The van der Waals surface area contributed by atoms with Crippen LogP contribution in [0.5, 0.6) is 0 Å². The molecule has 0 fully saturated rings. The number of aryl methyl sites for hydroxylation is 1. The van der Waals surface area contributed by atoms with Gasteiger partial charge in [-0.3, -0.25) is 4.79 Å². The fourth-order valence-electron chi connectivity index (χ4n) is 1.05. The maximum absolute atomic E-state index is 11.9. The third kappa shape index (κ3) is 2.19. The van der Waals surface area contributed by atoms with Gasteiger partial charge in [0.15, 0.2) is 5.78 Å². The van der Waals surface area contributed by atoms with Crippen LogP contribution in [0.4, 0.5) is 0 Å². The van der Waals surface area contributed by atoms with Gasteiger partial charge in [-0.2, -0.15) is 0 Å². The fraction of sp³-hybridized carbons (Fsp3) is 0.545. The molecule has 0 aliphatic carbocycles. The molecule has 1 heterocycles. The van der Waals surface area contributed by atoms with Gasteiger partial charge in [-0.1, -0.05) is 20.8 Å². The van der Waals surface area contributed by atoms with Gasteiger partial charge in [0.2, 0.25) is 0 Å². The zero-order valence-electron chi connectivity index (χ0n) is 8.68. The molecule has 0 spiro atoms. The predicted molar refractivity (Wildman–Crippen MR) is 57.5 cm³/mol. The maximum Gasteiger partial charge on any atom is 0.178 e. The summed E-state index contributed by atoms with van der Waals surface area (Å²) in [6.45, 7) is 8.09. The van der Waals surface area contributed by atoms with Crippen molar-refractivity contribution >= 4 is 17.1 Å². The summed E-state index contributed by atoms with van der Waals surface area (Å²) < 4.78 is 0. The second kappa shape index (κ2) is 3.62. The monoisotopic (exact) mass is 196 g/mol. The smallest absolute Gasteiger partial charge is 0.178 e. The Hall–Kier alpha value is -0.630. The van der Waals surface area contributed by atoms with Crippen molar-refractivity contribution < 1.29 is 4.79 Å². The van der Waals surface area contributed by atoms with Crippen molar-refractivity contribution in [1.29, 1.82) is 0 Å². The molecular weight excluding hydrogens is 180 g/mol. The molecule has 1 rings (SSSR count). The molecule has 0 aromatic carbocycles. The van der Waals surface area contributed by atoms with Crippen molar-refractivity contribution in [3.8, 4) is 0 Å². The molecule has 0 aliphatic heterocycles. The van der Waals surface area contributed by atoms with Crippen molar-refractivity contribution in [2.75, 3.05) is 0 Å². The Morgan fingerprint density at radius 2 is 2.08 bits per heavy atom. The number of Topliss-reactive ketones (excluding diaryl/α,β-unsaturated/α-hetero) is 1. The van der Waals surface area contributed by atoms with Crippen molar-refractivity contribution in [1.82, 2.24) is 0 Å². The minimum atomic E-state index is -0.211. The van der Waals surface area contributed by atoms with E-state index in [2.05, 4.69) is 6.92 Å². The van der Waals surface area contributed by atoms with Gasteiger partial charge in [-0.05, 0) is 25.5 Å². The average Bonchev–Trinajstić information content (AvgIpc) is 2.50. The Bertz CT molecular complexity index is 310. The standard InChI is InChI=1S/C11H16OS/c1-5-11(3,4)10(12)9-7-6-8(2)13-9/h6-7H,5H2,1-4H3. The summed E-state index contributed by atoms with van der Waals surface area (Å²) in [6.07, 6.45) is 0.892. The van der Waals surface area contributed by atoms with Crippen LogP contribution in [0.25, 0.3) is 0 Å². The molecule has 0 bridgehead atoms. The molecule has 0 saturated carbocycles. The van der Waals surface area contributed by atoms with E-state index in [4.69, 9.17) is 0 Å². The molecule has 0 atom stereocenters. The summed E-state index contributed by atoms with van der Waals surface area (Å²) in [5.41, 5.74) is -0.211. The lowest BCUT2D eigenvalue weighted by molar-refractivity contribution is 0.0837. The summed E-state index contributed by atoms with van der Waals surface area (Å²) in [4.78, 5) is 14.0. The van der Waals surface area contributed by atoms with E-state index in [9.17, 15) is 4.79 Å². The molecule has 72 valence electrons. The molecule has 0 N–H and O–H groups in total. The van der Waals surface area contributed by atoms with Crippen LogP contribution in [-0.2, 0) is 0 Å². The van der Waals surface area contributed by atoms with Crippen LogP contribution in [0.15, 0.2) is 12.1 Å². The third-order valence-electron chi connectivity index (χ3n) is 2.46. The summed E-state index contributed by atoms with van der Waals surface area (Å²) in [5, 5.41) is 0. The Labute approximate surface area is 83.8 Å². The Morgan fingerprint density at radius 3 is 2.46 bits per heavy atom. The minimum Gasteiger partial charge on any atom is -0.293 e. The van der Waals surface area contributed by atoms with E-state index in [1.54, 1.807) is 11.3 Å². The highest BCUT2D eigenvalue weighted by molar-refractivity contribution is 7.14. The highest BCUT2D eigenvalue weighted by atomic mass is 32.1. The number of hydrogen-bond acceptors (Lipinski definition) is 2. The first-order valence-electron chi connectivity index (χ1n) is 4.58. The van der Waals surface area contributed by atoms with Crippen LogP contribution in [0, 0.1) is 12.3 Å². The van der Waals surface area contributed by atoms with Crippen LogP contribution in [0.3, 0.4) is 0 Å². The highest BCUT2D eigenvalue weighted by Crippen LogP contribution is 2.28. The molecule has 2 heteroatoms. The molecule has 1 aromatic heterocycles. The number of carbonyl (C=O) groups excluding carboxylic acids is 1. The molecule has 0 unspecified atom stereocenters. The quantitative estimate of drug-likeness (QED) is 0.674. The lowest BCUT2D eigenvalue weighted by atomic mass is 9.85. The fourth-order valence-corrected chi connectivity index (χ4v) is 2.04. The molecule has 0 saturated heterocycles. The first-order chi connectivity index (χ1) is 5.97. The van der Waals surface area contributed by atoms with Crippen LogP contribution in [0.1, 0.15) is 41.7 Å². The van der Waals surface area contributed by atoms with Crippen molar-refractivity contribution in [3.63, 3.8) is 0 Å². The van der Waals surface area contributed by atoms with Crippen LogP contribution in [0.2, 0.25) is 0 Å². The van der Waals surface area contributed by atoms with Gasteiger partial charge in [0, 0.05) is 10.3 Å². The number of thiophene rings is 1. The molecule has 1 aromatic rings. The summed E-state index contributed by atoms with van der Waals surface area (Å²) in [6, 6.07) is 3.93. The summed E-state index contributed by atoms with van der Waals surface area (Å²) >= 11 is 1.59. The highest BCUT2D eigenvalue weighted by Gasteiger charge is 2.27. The van der Waals surface area contributed by atoms with Gasteiger partial charge >= 0.3 is 0 Å². The second-order valence-electron chi connectivity index (χ2n) is 3.98. The Morgan fingerprint density at radius 1 is 1.46 bits per heavy atom. The van der Waals surface area contributed by atoms with E-state index in [1.165, 1.54) is 4.88 Å². The van der Waals surface area contributed by atoms with Crippen LogP contribution >= 0.6 is 11.3 Å². The van der Waals surface area contributed by atoms with Gasteiger partial charge in [0.25, 0.3) is 0 Å². The molecule has 0 amide bonds. The normalized spacial score (nSPS) is 11.7. The van der Waals surface area contributed by atoms with Gasteiger partial charge in [0.05, 0.1) is 4.88 Å². The summed E-state index contributed by atoms with van der Waals surface area (Å²) in [5.74, 6) is 0.271. The van der Waals surface area contributed by atoms with E-state index in [-0.39, 0.29) is 11.2 Å². The van der Waals surface area contributed by atoms with Crippen molar-refractivity contribution in [3.05, 3.63) is 21.9 Å². The topological polar surface area (TPSA) is 17.1 Å². The van der Waals surface area contributed by atoms with Crippen molar-refractivity contribution in [2.24, 2.45) is 5.41 Å². The Balaban J connectivity index is 2.91. The van der Waals surface area contributed by atoms with Gasteiger partial charge in [0.1, 0.15) is 0 Å². The van der Waals surface area contributed by atoms with E-state index in [0.29, 0.717) is 0 Å². The SMILES string of the molecule is CCC(C)(C)C(=O)c1ccc(C)s1. The lowest BCUT2D eigenvalue weighted by Gasteiger charge is -2.19. The lowest BCUT2D eigenvalue weighted by Crippen LogP contribution is -2.22. The minimum absolute atomic E-state index is 0.211. The van der Waals surface area contributed by atoms with E-state index in [1.807, 2.05) is 32.9 Å². The van der Waals surface area contributed by atoms with Crippen LogP contribution in [-0.4, -0.2) is 5.78 Å². The molecule has 13 heavy (non-hydrogen) atoms. The first kappa shape index (κ1) is 10.5. The zero-order valence-corrected chi connectivity index (χ0v) is 9.49.